The second-order valence-corrected chi connectivity index (χ2v) is 7.72. The standard InChI is InChI=1S/C21H23F3N2O5.H2O/c1-11-3-4-16(14(22)7-11)25-19-17(24)15(23)8-12(2)18(19)26-31-30-20(29)21(5-6-21)9-13(28)10-27;/h3-4,7-8,13,25-28H,5-6,9-10H2,1-2H3;1H2. The van der Waals surface area contributed by atoms with E-state index in [1.165, 1.54) is 19.1 Å². The molecule has 2 aromatic carbocycles. The first kappa shape index (κ1) is 25.4. The lowest BCUT2D eigenvalue weighted by Crippen LogP contribution is -2.27. The minimum atomic E-state index is -1.28. The highest BCUT2D eigenvalue weighted by molar-refractivity contribution is 5.80. The molecule has 0 heterocycles. The zero-order valence-corrected chi connectivity index (χ0v) is 17.5. The van der Waals surface area contributed by atoms with Gasteiger partial charge in [0, 0.05) is 0 Å². The monoisotopic (exact) mass is 458 g/mol. The Morgan fingerprint density at radius 1 is 1.16 bits per heavy atom. The SMILES string of the molecule is Cc1ccc(Nc2c(F)c(F)cc(C)c2NOOC(=O)C2(CC(O)CO)CC2)c(F)c1.O. The maximum atomic E-state index is 14.5. The maximum Gasteiger partial charge on any atom is 0.351 e. The molecule has 0 aliphatic heterocycles. The average Bonchev–Trinajstić information content (AvgIpc) is 3.50. The predicted molar refractivity (Wildman–Crippen MR) is 109 cm³/mol. The van der Waals surface area contributed by atoms with E-state index < -0.39 is 47.2 Å². The molecule has 0 spiro atoms. The number of aliphatic hydroxyl groups excluding tert-OH is 2. The molecule has 8 nitrogen and oxygen atoms in total. The van der Waals surface area contributed by atoms with Crippen LogP contribution in [0, 0.1) is 36.7 Å². The Hall–Kier alpha value is -2.86. The van der Waals surface area contributed by atoms with E-state index in [0.29, 0.717) is 18.4 Å². The van der Waals surface area contributed by atoms with Crippen LogP contribution in [0.4, 0.5) is 30.2 Å². The Morgan fingerprint density at radius 2 is 1.84 bits per heavy atom. The van der Waals surface area contributed by atoms with Crippen molar-refractivity contribution in [2.45, 2.75) is 39.2 Å². The third kappa shape index (κ3) is 5.49. The molecule has 11 heteroatoms. The first-order chi connectivity index (χ1) is 14.7. The van der Waals surface area contributed by atoms with Crippen molar-refractivity contribution >= 4 is 23.0 Å². The third-order valence-corrected chi connectivity index (χ3v) is 5.19. The van der Waals surface area contributed by atoms with Crippen molar-refractivity contribution in [2.24, 2.45) is 5.41 Å². The number of carbonyl (C=O) groups excluding carboxylic acids is 1. The van der Waals surface area contributed by atoms with E-state index in [-0.39, 0.29) is 28.8 Å². The van der Waals surface area contributed by atoms with Gasteiger partial charge in [-0.15, -0.1) is 0 Å². The fourth-order valence-corrected chi connectivity index (χ4v) is 3.20. The Bertz CT molecular complexity index is 984. The van der Waals surface area contributed by atoms with Crippen molar-refractivity contribution in [3.63, 3.8) is 0 Å². The van der Waals surface area contributed by atoms with Crippen molar-refractivity contribution < 1.29 is 43.5 Å². The molecule has 0 bridgehead atoms. The number of nitrogens with one attached hydrogen (secondary N) is 2. The highest BCUT2D eigenvalue weighted by atomic mass is 19.2. The van der Waals surface area contributed by atoms with E-state index in [2.05, 4.69) is 10.8 Å². The van der Waals surface area contributed by atoms with E-state index in [1.807, 2.05) is 0 Å². The molecular weight excluding hydrogens is 433 g/mol. The van der Waals surface area contributed by atoms with Crippen molar-refractivity contribution in [2.75, 3.05) is 17.4 Å². The maximum absolute atomic E-state index is 14.5. The highest BCUT2D eigenvalue weighted by Gasteiger charge is 2.53. The van der Waals surface area contributed by atoms with Gasteiger partial charge in [0.2, 0.25) is 0 Å². The van der Waals surface area contributed by atoms with Crippen LogP contribution in [0.3, 0.4) is 0 Å². The minimum absolute atomic E-state index is 0. The summed E-state index contributed by atoms with van der Waals surface area (Å²) in [6, 6.07) is 5.10. The van der Waals surface area contributed by atoms with E-state index in [4.69, 9.17) is 15.0 Å². The molecule has 1 atom stereocenters. The molecule has 32 heavy (non-hydrogen) atoms. The predicted octanol–water partition coefficient (Wildman–Crippen LogP) is 2.96. The number of aliphatic hydroxyl groups is 2. The summed E-state index contributed by atoms with van der Waals surface area (Å²) < 4.78 is 42.6. The smallest absolute Gasteiger partial charge is 0.351 e. The van der Waals surface area contributed by atoms with Gasteiger partial charge in [0.25, 0.3) is 0 Å². The summed E-state index contributed by atoms with van der Waals surface area (Å²) in [5.74, 6) is -3.89. The lowest BCUT2D eigenvalue weighted by molar-refractivity contribution is -0.261. The molecule has 1 aliphatic carbocycles. The fourth-order valence-electron chi connectivity index (χ4n) is 3.20. The number of halogens is 3. The topological polar surface area (TPSA) is 132 Å². The summed E-state index contributed by atoms with van der Waals surface area (Å²) >= 11 is 0. The van der Waals surface area contributed by atoms with Gasteiger partial charge in [0.1, 0.15) is 11.5 Å². The van der Waals surface area contributed by atoms with E-state index in [9.17, 15) is 23.1 Å². The molecule has 0 aromatic heterocycles. The summed E-state index contributed by atoms with van der Waals surface area (Å²) in [5.41, 5.74) is 1.50. The number of hydrogen-bond acceptors (Lipinski definition) is 7. The Labute approximate surface area is 182 Å². The molecule has 0 amide bonds. The van der Waals surface area contributed by atoms with Gasteiger partial charge in [0.15, 0.2) is 11.6 Å². The molecule has 2 aromatic rings. The first-order valence-corrected chi connectivity index (χ1v) is 9.61. The van der Waals surface area contributed by atoms with Crippen molar-refractivity contribution in [3.05, 3.63) is 52.8 Å². The lowest BCUT2D eigenvalue weighted by atomic mass is 9.99. The number of hydrogen-bond donors (Lipinski definition) is 4. The average molecular weight is 458 g/mol. The lowest BCUT2D eigenvalue weighted by Gasteiger charge is -2.18. The van der Waals surface area contributed by atoms with Gasteiger partial charge < -0.3 is 21.0 Å². The first-order valence-electron chi connectivity index (χ1n) is 9.61. The molecule has 3 rings (SSSR count). The van der Waals surface area contributed by atoms with E-state index >= 15 is 0 Å². The molecule has 1 saturated carbocycles. The normalized spacial score (nSPS) is 14.8. The summed E-state index contributed by atoms with van der Waals surface area (Å²) in [6.45, 7) is 2.64. The van der Waals surface area contributed by atoms with Crippen LogP contribution >= 0.6 is 0 Å². The Balaban J connectivity index is 0.00000363. The summed E-state index contributed by atoms with van der Waals surface area (Å²) in [7, 11) is 0. The molecule has 0 radical (unpaired) electrons. The van der Waals surface area contributed by atoms with Crippen LogP contribution in [0.2, 0.25) is 0 Å². The van der Waals surface area contributed by atoms with Gasteiger partial charge in [-0.05, 0) is 62.4 Å². The van der Waals surface area contributed by atoms with Crippen molar-refractivity contribution in [3.8, 4) is 0 Å². The van der Waals surface area contributed by atoms with Gasteiger partial charge in [-0.3, -0.25) is 4.89 Å². The quantitative estimate of drug-likeness (QED) is 0.336. The fraction of sp³-hybridized carbons (Fsp3) is 0.381. The zero-order valence-electron chi connectivity index (χ0n) is 17.5. The second-order valence-electron chi connectivity index (χ2n) is 7.72. The van der Waals surface area contributed by atoms with E-state index in [1.54, 1.807) is 13.0 Å². The summed E-state index contributed by atoms with van der Waals surface area (Å²) in [6.07, 6.45) is -0.155. The highest BCUT2D eigenvalue weighted by Crippen LogP contribution is 2.50. The van der Waals surface area contributed by atoms with Crippen LogP contribution in [0.5, 0.6) is 0 Å². The third-order valence-electron chi connectivity index (χ3n) is 5.19. The van der Waals surface area contributed by atoms with Gasteiger partial charge in [0.05, 0.1) is 29.5 Å². The van der Waals surface area contributed by atoms with Crippen molar-refractivity contribution in [1.29, 1.82) is 0 Å². The molecular formula is C21H25F3N2O6. The Kier molecular flexibility index (Phi) is 8.07. The Morgan fingerprint density at radius 3 is 2.44 bits per heavy atom. The summed E-state index contributed by atoms with van der Waals surface area (Å²) in [5, 5.41) is 21.0. The molecule has 1 aliphatic rings. The van der Waals surface area contributed by atoms with Gasteiger partial charge in [-0.25, -0.2) is 23.4 Å². The van der Waals surface area contributed by atoms with Gasteiger partial charge >= 0.3 is 5.97 Å². The molecule has 176 valence electrons. The summed E-state index contributed by atoms with van der Waals surface area (Å²) in [4.78, 5) is 21.7. The van der Waals surface area contributed by atoms with Crippen LogP contribution in [0.1, 0.15) is 30.4 Å². The van der Waals surface area contributed by atoms with Crippen LogP contribution in [-0.2, 0) is 14.7 Å². The van der Waals surface area contributed by atoms with Crippen molar-refractivity contribution in [1.82, 2.24) is 0 Å². The zero-order chi connectivity index (χ0) is 22.8. The second kappa shape index (κ2) is 10.2. The number of anilines is 3. The number of rotatable bonds is 9. The minimum Gasteiger partial charge on any atom is -0.412 e. The van der Waals surface area contributed by atoms with Crippen LogP contribution in [0.25, 0.3) is 0 Å². The van der Waals surface area contributed by atoms with Gasteiger partial charge in [-0.1, -0.05) is 11.1 Å². The van der Waals surface area contributed by atoms with E-state index in [0.717, 1.165) is 6.07 Å². The van der Waals surface area contributed by atoms with Gasteiger partial charge in [-0.2, -0.15) is 0 Å². The molecule has 1 unspecified atom stereocenters. The van der Waals surface area contributed by atoms with Crippen LogP contribution in [-0.4, -0.2) is 34.4 Å². The number of carbonyl (C=O) groups is 1. The molecule has 1 fully saturated rings. The largest absolute Gasteiger partial charge is 0.412 e. The number of aryl methyl sites for hydroxylation is 2. The van der Waals surface area contributed by atoms with Crippen LogP contribution < -0.4 is 10.8 Å². The molecule has 0 saturated heterocycles. The molecule has 6 N–H and O–H groups in total. The van der Waals surface area contributed by atoms with Crippen LogP contribution in [0.15, 0.2) is 24.3 Å². The number of benzene rings is 2.